The number of benzene rings is 2. The van der Waals surface area contributed by atoms with E-state index >= 15 is 0 Å². The van der Waals surface area contributed by atoms with Crippen molar-refractivity contribution in [2.45, 2.75) is 24.9 Å². The van der Waals surface area contributed by atoms with Gasteiger partial charge in [0, 0.05) is 17.0 Å². The molecule has 4 nitrogen and oxygen atoms in total. The minimum absolute atomic E-state index is 0.0167. The third-order valence-corrected chi connectivity index (χ3v) is 5.41. The highest BCUT2D eigenvalue weighted by molar-refractivity contribution is 7.99. The lowest BCUT2D eigenvalue weighted by atomic mass is 9.96. The standard InChI is InChI=1S/C21H18F3NO3S/c1-4-29-17-9-14-15(10-16(17)28-3)25-19(11(2)18(14)20(26)27)12-6-5-7-13(8-12)21(22,23)24/h5-10H,4H2,1-3H3,(H,26,27). The fraction of sp³-hybridized carbons (Fsp3) is 0.238. The molecule has 0 aliphatic rings. The zero-order valence-corrected chi connectivity index (χ0v) is 16.7. The summed E-state index contributed by atoms with van der Waals surface area (Å²) >= 11 is 1.50. The number of carboxylic acid groups (broad SMARTS) is 1. The van der Waals surface area contributed by atoms with Gasteiger partial charge in [0.2, 0.25) is 0 Å². The Balaban J connectivity index is 2.34. The summed E-state index contributed by atoms with van der Waals surface area (Å²) in [6, 6.07) is 8.05. The van der Waals surface area contributed by atoms with Gasteiger partial charge in [0.05, 0.1) is 34.3 Å². The molecule has 0 spiro atoms. The molecule has 0 atom stereocenters. The molecule has 0 saturated carbocycles. The van der Waals surface area contributed by atoms with E-state index in [4.69, 9.17) is 4.74 Å². The number of carboxylic acids is 1. The summed E-state index contributed by atoms with van der Waals surface area (Å²) in [7, 11) is 1.50. The maximum absolute atomic E-state index is 13.1. The maximum atomic E-state index is 13.1. The van der Waals surface area contributed by atoms with Crippen LogP contribution in [0, 0.1) is 6.92 Å². The number of carbonyl (C=O) groups is 1. The van der Waals surface area contributed by atoms with E-state index in [1.54, 1.807) is 19.1 Å². The maximum Gasteiger partial charge on any atom is 0.416 e. The molecule has 0 radical (unpaired) electrons. The molecule has 1 N–H and O–H groups in total. The van der Waals surface area contributed by atoms with Gasteiger partial charge in [-0.1, -0.05) is 19.1 Å². The van der Waals surface area contributed by atoms with Gasteiger partial charge in [-0.05, 0) is 36.4 Å². The largest absolute Gasteiger partial charge is 0.496 e. The number of methoxy groups -OCH3 is 1. The number of hydrogen-bond donors (Lipinski definition) is 1. The van der Waals surface area contributed by atoms with Crippen molar-refractivity contribution in [3.63, 3.8) is 0 Å². The molecule has 0 bridgehead atoms. The number of aromatic carboxylic acids is 1. The summed E-state index contributed by atoms with van der Waals surface area (Å²) < 4.78 is 44.8. The predicted octanol–water partition coefficient (Wildman–Crippen LogP) is 6.05. The lowest BCUT2D eigenvalue weighted by Crippen LogP contribution is -2.07. The van der Waals surface area contributed by atoms with Crippen molar-refractivity contribution in [1.82, 2.24) is 4.98 Å². The number of aromatic nitrogens is 1. The number of alkyl halides is 3. The highest BCUT2D eigenvalue weighted by Crippen LogP contribution is 2.38. The minimum atomic E-state index is -4.51. The molecule has 0 unspecified atom stereocenters. The Labute approximate surface area is 169 Å². The van der Waals surface area contributed by atoms with Crippen molar-refractivity contribution in [2.75, 3.05) is 12.9 Å². The van der Waals surface area contributed by atoms with E-state index in [2.05, 4.69) is 4.98 Å². The summed E-state index contributed by atoms with van der Waals surface area (Å²) in [6.45, 7) is 3.52. The third-order valence-electron chi connectivity index (χ3n) is 4.49. The van der Waals surface area contributed by atoms with Gasteiger partial charge in [-0.2, -0.15) is 13.2 Å². The molecule has 0 saturated heterocycles. The zero-order valence-electron chi connectivity index (χ0n) is 15.9. The minimum Gasteiger partial charge on any atom is -0.496 e. The highest BCUT2D eigenvalue weighted by Gasteiger charge is 2.31. The second kappa shape index (κ2) is 7.94. The Hall–Kier alpha value is -2.74. The molecule has 0 amide bonds. The average Bonchev–Trinajstić information content (AvgIpc) is 2.66. The van der Waals surface area contributed by atoms with Gasteiger partial charge in [-0.3, -0.25) is 0 Å². The first kappa shape index (κ1) is 21.0. The zero-order chi connectivity index (χ0) is 21.3. The van der Waals surface area contributed by atoms with E-state index in [9.17, 15) is 23.1 Å². The van der Waals surface area contributed by atoms with E-state index in [1.807, 2.05) is 6.92 Å². The van der Waals surface area contributed by atoms with E-state index in [-0.39, 0.29) is 16.8 Å². The summed E-state index contributed by atoms with van der Waals surface area (Å²) in [5.41, 5.74) is 0.245. The van der Waals surface area contributed by atoms with Gasteiger partial charge >= 0.3 is 12.1 Å². The van der Waals surface area contributed by atoms with Crippen LogP contribution in [0.5, 0.6) is 5.75 Å². The molecule has 29 heavy (non-hydrogen) atoms. The van der Waals surface area contributed by atoms with Crippen LogP contribution in [0.25, 0.3) is 22.2 Å². The van der Waals surface area contributed by atoms with Crippen molar-refractivity contribution >= 4 is 28.6 Å². The second-order valence-corrected chi connectivity index (χ2v) is 7.60. The van der Waals surface area contributed by atoms with E-state index in [0.717, 1.165) is 22.8 Å². The molecule has 3 rings (SSSR count). The molecule has 0 aliphatic heterocycles. The quantitative estimate of drug-likeness (QED) is 0.509. The van der Waals surface area contributed by atoms with Crippen LogP contribution in [0.4, 0.5) is 13.2 Å². The topological polar surface area (TPSA) is 59.4 Å². The summed E-state index contributed by atoms with van der Waals surface area (Å²) in [6.07, 6.45) is -4.51. The lowest BCUT2D eigenvalue weighted by molar-refractivity contribution is -0.137. The fourth-order valence-corrected chi connectivity index (χ4v) is 3.99. The second-order valence-electron chi connectivity index (χ2n) is 6.30. The lowest BCUT2D eigenvalue weighted by Gasteiger charge is -2.16. The van der Waals surface area contributed by atoms with Gasteiger partial charge in [0.25, 0.3) is 0 Å². The third kappa shape index (κ3) is 4.03. The smallest absolute Gasteiger partial charge is 0.416 e. The van der Waals surface area contributed by atoms with E-state index in [0.29, 0.717) is 22.2 Å². The molecular weight excluding hydrogens is 403 g/mol. The molecule has 1 aromatic heterocycles. The molecule has 3 aromatic rings. The molecular formula is C21H18F3NO3S. The molecule has 8 heteroatoms. The normalized spacial score (nSPS) is 11.7. The van der Waals surface area contributed by atoms with Gasteiger partial charge in [-0.25, -0.2) is 9.78 Å². The fourth-order valence-electron chi connectivity index (χ4n) is 3.19. The number of rotatable bonds is 5. The monoisotopic (exact) mass is 421 g/mol. The van der Waals surface area contributed by atoms with Crippen molar-refractivity contribution in [3.05, 3.63) is 53.1 Å². The average molecular weight is 421 g/mol. The summed E-state index contributed by atoms with van der Waals surface area (Å²) in [5, 5.41) is 10.2. The Bertz CT molecular complexity index is 1100. The van der Waals surface area contributed by atoms with Crippen LogP contribution < -0.4 is 4.74 Å². The van der Waals surface area contributed by atoms with Crippen molar-refractivity contribution in [1.29, 1.82) is 0 Å². The van der Waals surface area contributed by atoms with Crippen LogP contribution in [-0.2, 0) is 6.18 Å². The van der Waals surface area contributed by atoms with Crippen LogP contribution in [0.3, 0.4) is 0 Å². The van der Waals surface area contributed by atoms with Crippen molar-refractivity contribution in [2.24, 2.45) is 0 Å². The van der Waals surface area contributed by atoms with E-state index < -0.39 is 17.7 Å². The van der Waals surface area contributed by atoms with E-state index in [1.165, 1.54) is 31.0 Å². The first-order chi connectivity index (χ1) is 13.7. The van der Waals surface area contributed by atoms with Gasteiger partial charge in [-0.15, -0.1) is 11.8 Å². The number of hydrogen-bond acceptors (Lipinski definition) is 4. The van der Waals surface area contributed by atoms with Gasteiger partial charge in [0.15, 0.2) is 0 Å². The van der Waals surface area contributed by atoms with Crippen LogP contribution in [0.15, 0.2) is 41.3 Å². The van der Waals surface area contributed by atoms with Crippen LogP contribution in [0.2, 0.25) is 0 Å². The van der Waals surface area contributed by atoms with Crippen LogP contribution in [-0.4, -0.2) is 28.9 Å². The molecule has 0 fully saturated rings. The first-order valence-corrected chi connectivity index (χ1v) is 9.72. The molecule has 1 heterocycles. The molecule has 152 valence electrons. The number of fused-ring (bicyclic) bond motifs is 1. The van der Waals surface area contributed by atoms with Crippen LogP contribution in [0.1, 0.15) is 28.4 Å². The number of nitrogens with zero attached hydrogens (tertiary/aromatic N) is 1. The van der Waals surface area contributed by atoms with Crippen molar-refractivity contribution < 1.29 is 27.8 Å². The number of halogens is 3. The van der Waals surface area contributed by atoms with Crippen LogP contribution >= 0.6 is 11.8 Å². The number of ether oxygens (including phenoxy) is 1. The highest BCUT2D eigenvalue weighted by atomic mass is 32.2. The van der Waals surface area contributed by atoms with Crippen molar-refractivity contribution in [3.8, 4) is 17.0 Å². The number of pyridine rings is 1. The SMILES string of the molecule is CCSc1cc2c(C(=O)O)c(C)c(-c3cccc(C(F)(F)F)c3)nc2cc1OC. The molecule has 2 aromatic carbocycles. The molecule has 0 aliphatic carbocycles. The van der Waals surface area contributed by atoms with Gasteiger partial charge in [0.1, 0.15) is 5.75 Å². The Morgan fingerprint density at radius 2 is 1.97 bits per heavy atom. The Morgan fingerprint density at radius 1 is 1.24 bits per heavy atom. The first-order valence-electron chi connectivity index (χ1n) is 8.73. The Morgan fingerprint density at radius 3 is 2.55 bits per heavy atom. The number of thioether (sulfide) groups is 1. The van der Waals surface area contributed by atoms with Gasteiger partial charge < -0.3 is 9.84 Å². The summed E-state index contributed by atoms with van der Waals surface area (Å²) in [5.74, 6) is 0.131. The Kier molecular flexibility index (Phi) is 5.75. The predicted molar refractivity (Wildman–Crippen MR) is 107 cm³/mol. The summed E-state index contributed by atoms with van der Waals surface area (Å²) in [4.78, 5) is 17.3.